The Morgan fingerprint density at radius 2 is 1.88 bits per heavy atom. The van der Waals surface area contributed by atoms with Gasteiger partial charge in [-0.3, -0.25) is 0 Å². The Bertz CT molecular complexity index is 639. The van der Waals surface area contributed by atoms with Crippen molar-refractivity contribution in [2.24, 2.45) is 5.92 Å². The molecule has 1 fully saturated rings. The summed E-state index contributed by atoms with van der Waals surface area (Å²) in [5, 5.41) is 10.7. The highest BCUT2D eigenvalue weighted by Crippen LogP contribution is 2.56. The molecule has 1 heterocycles. The van der Waals surface area contributed by atoms with E-state index in [9.17, 15) is 13.9 Å². The first-order valence-corrected chi connectivity index (χ1v) is 10.2. The molecule has 1 aromatic rings. The topological polar surface area (TPSA) is 29.5 Å². The molecule has 1 aliphatic carbocycles. The highest BCUT2D eigenvalue weighted by atomic mass is 19.3. The molecule has 4 heteroatoms. The molecule has 0 aromatic heterocycles. The molecule has 1 N–H and O–H groups in total. The number of phenolic OH excluding ortho intramolecular Hbond substituents is 1. The van der Waals surface area contributed by atoms with Crippen molar-refractivity contribution in [1.82, 2.24) is 0 Å². The van der Waals surface area contributed by atoms with Gasteiger partial charge in [-0.25, -0.2) is 0 Å². The average molecular weight is 366 g/mol. The maximum absolute atomic E-state index is 14.6. The normalized spacial score (nSPS) is 24.5. The predicted octanol–water partition coefficient (Wildman–Crippen LogP) is 6.90. The zero-order valence-corrected chi connectivity index (χ0v) is 16.3. The second-order valence-corrected chi connectivity index (χ2v) is 8.76. The van der Waals surface area contributed by atoms with Crippen molar-refractivity contribution in [3.05, 3.63) is 23.3 Å². The Hall–Kier alpha value is -1.32. The molecule has 146 valence electrons. The summed E-state index contributed by atoms with van der Waals surface area (Å²) >= 11 is 0. The fraction of sp³-hybridized carbons (Fsp3) is 0.727. The van der Waals surface area contributed by atoms with Crippen molar-refractivity contribution in [3.8, 4) is 11.5 Å². The van der Waals surface area contributed by atoms with Gasteiger partial charge in [0.1, 0.15) is 11.5 Å². The van der Waals surface area contributed by atoms with Crippen LogP contribution in [0.5, 0.6) is 11.5 Å². The van der Waals surface area contributed by atoms with E-state index in [-0.39, 0.29) is 22.8 Å². The number of halogens is 2. The highest BCUT2D eigenvalue weighted by Gasteiger charge is 2.53. The monoisotopic (exact) mass is 366 g/mol. The average Bonchev–Trinajstić information content (AvgIpc) is 2.58. The Morgan fingerprint density at radius 1 is 1.15 bits per heavy atom. The van der Waals surface area contributed by atoms with Gasteiger partial charge in [0.25, 0.3) is 0 Å². The molecule has 0 spiro atoms. The highest BCUT2D eigenvalue weighted by molar-refractivity contribution is 5.53. The Labute approximate surface area is 155 Å². The third-order valence-electron chi connectivity index (χ3n) is 6.37. The smallest absolute Gasteiger partial charge is 0.401 e. The molecule has 2 atom stereocenters. The van der Waals surface area contributed by atoms with Crippen LogP contribution in [0.3, 0.4) is 0 Å². The number of hydrogen-bond donors (Lipinski definition) is 1. The second kappa shape index (κ2) is 7.36. The number of unbranched alkanes of at least 4 members (excludes halogenated alkanes) is 3. The molecular formula is C22H32F2O2. The number of alkyl halides is 2. The number of benzene rings is 1. The summed E-state index contributed by atoms with van der Waals surface area (Å²) in [5.41, 5.74) is 1.31. The van der Waals surface area contributed by atoms with Crippen LogP contribution in [0, 0.1) is 5.92 Å². The fourth-order valence-corrected chi connectivity index (χ4v) is 4.70. The minimum absolute atomic E-state index is 0.131. The lowest BCUT2D eigenvalue weighted by molar-refractivity contribution is -0.236. The van der Waals surface area contributed by atoms with Gasteiger partial charge >= 0.3 is 6.11 Å². The van der Waals surface area contributed by atoms with E-state index in [0.29, 0.717) is 18.4 Å². The Kier molecular flexibility index (Phi) is 5.50. The lowest BCUT2D eigenvalue weighted by Crippen LogP contribution is -2.43. The first-order chi connectivity index (χ1) is 12.3. The van der Waals surface area contributed by atoms with Crippen LogP contribution >= 0.6 is 0 Å². The molecular weight excluding hydrogens is 334 g/mol. The summed E-state index contributed by atoms with van der Waals surface area (Å²) < 4.78 is 34.3. The number of aromatic hydroxyl groups is 1. The van der Waals surface area contributed by atoms with E-state index in [2.05, 4.69) is 20.8 Å². The van der Waals surface area contributed by atoms with Crippen molar-refractivity contribution in [1.29, 1.82) is 0 Å². The molecule has 1 aliphatic heterocycles. The van der Waals surface area contributed by atoms with Gasteiger partial charge in [-0.15, -0.1) is 0 Å². The Balaban J connectivity index is 1.90. The van der Waals surface area contributed by atoms with E-state index in [1.807, 2.05) is 0 Å². The number of ether oxygens (including phenoxy) is 1. The summed E-state index contributed by atoms with van der Waals surface area (Å²) in [6.45, 7) is 6.41. The van der Waals surface area contributed by atoms with Gasteiger partial charge in [-0.05, 0) is 42.4 Å². The quantitative estimate of drug-likeness (QED) is 0.555. The van der Waals surface area contributed by atoms with Crippen molar-refractivity contribution in [3.63, 3.8) is 0 Å². The molecule has 2 aliphatic rings. The van der Waals surface area contributed by atoms with Crippen LogP contribution in [0.2, 0.25) is 0 Å². The molecule has 0 saturated heterocycles. The van der Waals surface area contributed by atoms with Crippen LogP contribution in [0.1, 0.15) is 95.6 Å². The van der Waals surface area contributed by atoms with Gasteiger partial charge in [-0.2, -0.15) is 8.78 Å². The summed E-state index contributed by atoms with van der Waals surface area (Å²) in [6, 6.07) is 3.55. The number of hydrogen-bond acceptors (Lipinski definition) is 2. The lowest BCUT2D eigenvalue weighted by Gasteiger charge is -2.42. The van der Waals surface area contributed by atoms with Crippen LogP contribution < -0.4 is 4.74 Å². The Morgan fingerprint density at radius 3 is 2.62 bits per heavy atom. The molecule has 0 unspecified atom stereocenters. The van der Waals surface area contributed by atoms with Gasteiger partial charge in [0.15, 0.2) is 0 Å². The first kappa shape index (κ1) is 19.4. The van der Waals surface area contributed by atoms with E-state index in [1.165, 1.54) is 19.3 Å². The van der Waals surface area contributed by atoms with Crippen LogP contribution in [0.15, 0.2) is 12.1 Å². The van der Waals surface area contributed by atoms with Crippen LogP contribution in [-0.2, 0) is 5.41 Å². The van der Waals surface area contributed by atoms with Gasteiger partial charge in [-0.1, -0.05) is 59.3 Å². The van der Waals surface area contributed by atoms with Crippen molar-refractivity contribution < 1.29 is 18.6 Å². The largest absolute Gasteiger partial charge is 0.508 e. The SMILES string of the molecule is CCCCCCC(C)(C)c1cc(O)c2c(c1)OC(F)(F)[C@@H]1CCCC[C@H]21. The number of rotatable bonds is 6. The predicted molar refractivity (Wildman–Crippen MR) is 100 cm³/mol. The minimum atomic E-state index is -3.14. The van der Waals surface area contributed by atoms with E-state index >= 15 is 0 Å². The zero-order chi connectivity index (χ0) is 18.9. The molecule has 0 bridgehead atoms. The van der Waals surface area contributed by atoms with Gasteiger partial charge in [0.2, 0.25) is 0 Å². The maximum Gasteiger partial charge on any atom is 0.401 e. The summed E-state index contributed by atoms with van der Waals surface area (Å²) in [6.07, 6.45) is 5.39. The molecule has 3 rings (SSSR count). The van der Waals surface area contributed by atoms with Gasteiger partial charge in [0.05, 0.1) is 5.92 Å². The zero-order valence-electron chi connectivity index (χ0n) is 16.3. The summed E-state index contributed by atoms with van der Waals surface area (Å²) in [5.74, 6) is -0.798. The number of fused-ring (bicyclic) bond motifs is 3. The van der Waals surface area contributed by atoms with Crippen LogP contribution in [0.4, 0.5) is 8.78 Å². The van der Waals surface area contributed by atoms with E-state index in [4.69, 9.17) is 4.74 Å². The van der Waals surface area contributed by atoms with E-state index in [1.54, 1.807) is 12.1 Å². The molecule has 0 radical (unpaired) electrons. The van der Waals surface area contributed by atoms with Crippen molar-refractivity contribution in [2.45, 2.75) is 96.0 Å². The lowest BCUT2D eigenvalue weighted by atomic mass is 9.71. The summed E-state index contributed by atoms with van der Waals surface area (Å²) in [7, 11) is 0. The summed E-state index contributed by atoms with van der Waals surface area (Å²) in [4.78, 5) is 0. The van der Waals surface area contributed by atoms with Crippen molar-refractivity contribution in [2.75, 3.05) is 0 Å². The standard InChI is InChI=1S/C22H32F2O2/c1-4-5-6-9-12-21(2,3)15-13-18(25)20-16-10-7-8-11-17(16)22(23,24)26-19(20)14-15/h13-14,16-17,25H,4-12H2,1-3H3/t16-,17+/m0/s1. The third-order valence-corrected chi connectivity index (χ3v) is 6.37. The van der Waals surface area contributed by atoms with Crippen LogP contribution in [-0.4, -0.2) is 11.2 Å². The molecule has 2 nitrogen and oxygen atoms in total. The molecule has 1 aromatic carbocycles. The second-order valence-electron chi connectivity index (χ2n) is 8.76. The van der Waals surface area contributed by atoms with E-state index in [0.717, 1.165) is 31.2 Å². The fourth-order valence-electron chi connectivity index (χ4n) is 4.70. The number of phenols is 1. The molecule has 1 saturated carbocycles. The molecule has 0 amide bonds. The molecule has 26 heavy (non-hydrogen) atoms. The van der Waals surface area contributed by atoms with Crippen LogP contribution in [0.25, 0.3) is 0 Å². The van der Waals surface area contributed by atoms with E-state index < -0.39 is 12.0 Å². The third kappa shape index (κ3) is 3.70. The van der Waals surface area contributed by atoms with Gasteiger partial charge < -0.3 is 9.84 Å². The minimum Gasteiger partial charge on any atom is -0.508 e. The maximum atomic E-state index is 14.6. The van der Waals surface area contributed by atoms with Crippen molar-refractivity contribution >= 4 is 0 Å². The first-order valence-electron chi connectivity index (χ1n) is 10.2. The van der Waals surface area contributed by atoms with Gasteiger partial charge in [0, 0.05) is 11.5 Å².